The van der Waals surface area contributed by atoms with Gasteiger partial charge in [-0.1, -0.05) is 41.0 Å². The first-order valence-electron chi connectivity index (χ1n) is 7.88. The highest BCUT2D eigenvalue weighted by molar-refractivity contribution is 7.99. The summed E-state index contributed by atoms with van der Waals surface area (Å²) in [5.41, 5.74) is 0.426. The fourth-order valence-corrected chi connectivity index (χ4v) is 3.76. The van der Waals surface area contributed by atoms with E-state index >= 15 is 0 Å². The summed E-state index contributed by atoms with van der Waals surface area (Å²) in [4.78, 5) is 28.2. The van der Waals surface area contributed by atoms with E-state index in [1.807, 2.05) is 0 Å². The summed E-state index contributed by atoms with van der Waals surface area (Å²) in [6, 6.07) is 4.99. The monoisotopic (exact) mass is 456 g/mol. The summed E-state index contributed by atoms with van der Waals surface area (Å²) in [5.74, 6) is 0.102. The van der Waals surface area contributed by atoms with Crippen molar-refractivity contribution >= 4 is 68.9 Å². The Morgan fingerprint density at radius 2 is 2.04 bits per heavy atom. The molecular formula is C16H14Cl2N6O2S2. The zero-order valence-electron chi connectivity index (χ0n) is 14.5. The van der Waals surface area contributed by atoms with Crippen LogP contribution in [0.25, 0.3) is 0 Å². The SMILES string of the molecule is Cn1c(CC(=O)Nc2cccc(Cl)c2Cl)nnc1SCC(=O)Nc1nccs1. The van der Waals surface area contributed by atoms with E-state index in [9.17, 15) is 9.59 Å². The van der Waals surface area contributed by atoms with Crippen LogP contribution < -0.4 is 10.6 Å². The number of hydrogen-bond donors (Lipinski definition) is 2. The molecule has 0 radical (unpaired) electrons. The van der Waals surface area contributed by atoms with E-state index in [0.29, 0.717) is 26.8 Å². The zero-order chi connectivity index (χ0) is 20.1. The van der Waals surface area contributed by atoms with Crippen LogP contribution >= 0.6 is 46.3 Å². The van der Waals surface area contributed by atoms with E-state index < -0.39 is 0 Å². The van der Waals surface area contributed by atoms with Gasteiger partial charge in [-0.05, 0) is 12.1 Å². The maximum Gasteiger partial charge on any atom is 0.236 e. The molecule has 0 aliphatic heterocycles. The second kappa shape index (κ2) is 9.37. The van der Waals surface area contributed by atoms with Crippen LogP contribution in [0.5, 0.6) is 0 Å². The number of anilines is 2. The number of hydrogen-bond acceptors (Lipinski definition) is 7. The molecule has 0 unspecified atom stereocenters. The molecule has 12 heteroatoms. The van der Waals surface area contributed by atoms with Crippen LogP contribution in [0.1, 0.15) is 5.82 Å². The van der Waals surface area contributed by atoms with Gasteiger partial charge in [-0.3, -0.25) is 9.59 Å². The molecule has 2 aromatic heterocycles. The van der Waals surface area contributed by atoms with E-state index in [2.05, 4.69) is 25.8 Å². The third kappa shape index (κ3) is 5.22. The fourth-order valence-electron chi connectivity index (χ4n) is 2.13. The highest BCUT2D eigenvalue weighted by Crippen LogP contribution is 2.29. The van der Waals surface area contributed by atoms with Crippen molar-refractivity contribution in [3.63, 3.8) is 0 Å². The molecule has 0 spiro atoms. The number of rotatable bonds is 7. The van der Waals surface area contributed by atoms with Gasteiger partial charge < -0.3 is 15.2 Å². The minimum Gasteiger partial charge on any atom is -0.324 e. The molecule has 0 aliphatic rings. The van der Waals surface area contributed by atoms with Crippen molar-refractivity contribution < 1.29 is 9.59 Å². The summed E-state index contributed by atoms with van der Waals surface area (Å²) in [6.45, 7) is 0. The molecule has 3 rings (SSSR count). The van der Waals surface area contributed by atoms with Crippen LogP contribution in [0, 0.1) is 0 Å². The van der Waals surface area contributed by atoms with Gasteiger partial charge in [-0.25, -0.2) is 4.98 Å². The molecule has 2 amide bonds. The smallest absolute Gasteiger partial charge is 0.236 e. The quantitative estimate of drug-likeness (QED) is 0.527. The van der Waals surface area contributed by atoms with Crippen LogP contribution in [0.3, 0.4) is 0 Å². The number of nitrogens with one attached hydrogen (secondary N) is 2. The highest BCUT2D eigenvalue weighted by atomic mass is 35.5. The van der Waals surface area contributed by atoms with E-state index in [1.165, 1.54) is 23.1 Å². The molecular weight excluding hydrogens is 443 g/mol. The van der Waals surface area contributed by atoms with Gasteiger partial charge >= 0.3 is 0 Å². The van der Waals surface area contributed by atoms with E-state index in [1.54, 1.807) is 41.4 Å². The van der Waals surface area contributed by atoms with Gasteiger partial charge in [0.05, 0.1) is 27.9 Å². The lowest BCUT2D eigenvalue weighted by Gasteiger charge is -2.08. The summed E-state index contributed by atoms with van der Waals surface area (Å²) in [7, 11) is 1.73. The van der Waals surface area contributed by atoms with Gasteiger partial charge in [-0.2, -0.15) is 0 Å². The zero-order valence-corrected chi connectivity index (χ0v) is 17.6. The van der Waals surface area contributed by atoms with Crippen molar-refractivity contribution in [2.24, 2.45) is 7.05 Å². The van der Waals surface area contributed by atoms with Crippen molar-refractivity contribution in [2.45, 2.75) is 11.6 Å². The molecule has 0 atom stereocenters. The van der Waals surface area contributed by atoms with E-state index in [-0.39, 0.29) is 29.0 Å². The minimum absolute atomic E-state index is 0.00177. The molecule has 0 saturated heterocycles. The Balaban J connectivity index is 1.55. The van der Waals surface area contributed by atoms with Crippen molar-refractivity contribution in [3.8, 4) is 0 Å². The van der Waals surface area contributed by atoms with Crippen molar-refractivity contribution in [1.29, 1.82) is 0 Å². The number of nitrogens with zero attached hydrogens (tertiary/aromatic N) is 4. The van der Waals surface area contributed by atoms with Gasteiger partial charge in [0.2, 0.25) is 11.8 Å². The number of thiazole rings is 1. The predicted octanol–water partition coefficient (Wildman–Crippen LogP) is 3.49. The number of aromatic nitrogens is 4. The Bertz CT molecular complexity index is 993. The molecule has 0 bridgehead atoms. The number of carbonyl (C=O) groups excluding carboxylic acids is 2. The average Bonchev–Trinajstić information content (AvgIpc) is 3.28. The Morgan fingerprint density at radius 1 is 1.21 bits per heavy atom. The number of thioether (sulfide) groups is 1. The molecule has 0 aliphatic carbocycles. The van der Waals surface area contributed by atoms with Crippen LogP contribution in [-0.4, -0.2) is 37.3 Å². The van der Waals surface area contributed by atoms with Crippen LogP contribution in [0.4, 0.5) is 10.8 Å². The second-order valence-corrected chi connectivity index (χ2v) is 8.08. The van der Waals surface area contributed by atoms with Gasteiger partial charge in [0.25, 0.3) is 0 Å². The summed E-state index contributed by atoms with van der Waals surface area (Å²) in [5, 5.41) is 16.9. The summed E-state index contributed by atoms with van der Waals surface area (Å²) >= 11 is 14.6. The topological polar surface area (TPSA) is 102 Å². The average molecular weight is 457 g/mol. The second-order valence-electron chi connectivity index (χ2n) is 5.46. The molecule has 8 nitrogen and oxygen atoms in total. The third-order valence-electron chi connectivity index (χ3n) is 3.48. The fraction of sp³-hybridized carbons (Fsp3) is 0.188. The normalized spacial score (nSPS) is 10.7. The molecule has 2 N–H and O–H groups in total. The lowest BCUT2D eigenvalue weighted by atomic mass is 10.3. The number of halogens is 2. The molecule has 0 fully saturated rings. The van der Waals surface area contributed by atoms with Crippen molar-refractivity contribution in [3.05, 3.63) is 45.6 Å². The van der Waals surface area contributed by atoms with Crippen LogP contribution in [0.2, 0.25) is 10.0 Å². The molecule has 28 heavy (non-hydrogen) atoms. The van der Waals surface area contributed by atoms with Gasteiger partial charge in [0, 0.05) is 18.6 Å². The first kappa shape index (κ1) is 20.6. The molecule has 3 aromatic rings. The lowest BCUT2D eigenvalue weighted by Crippen LogP contribution is -2.17. The maximum absolute atomic E-state index is 12.3. The Kier molecular flexibility index (Phi) is 6.89. The largest absolute Gasteiger partial charge is 0.324 e. The molecule has 146 valence electrons. The number of carbonyl (C=O) groups is 2. The first-order valence-corrected chi connectivity index (χ1v) is 10.5. The van der Waals surface area contributed by atoms with Crippen molar-refractivity contribution in [1.82, 2.24) is 19.7 Å². The molecule has 1 aromatic carbocycles. The summed E-state index contributed by atoms with van der Waals surface area (Å²) < 4.78 is 1.67. The van der Waals surface area contributed by atoms with Crippen molar-refractivity contribution in [2.75, 3.05) is 16.4 Å². The molecule has 2 heterocycles. The van der Waals surface area contributed by atoms with Crippen LogP contribution in [0.15, 0.2) is 34.9 Å². The van der Waals surface area contributed by atoms with Crippen LogP contribution in [-0.2, 0) is 23.1 Å². The van der Waals surface area contributed by atoms with Gasteiger partial charge in [0.1, 0.15) is 5.82 Å². The molecule has 0 saturated carbocycles. The highest BCUT2D eigenvalue weighted by Gasteiger charge is 2.16. The van der Waals surface area contributed by atoms with Gasteiger partial charge in [0.15, 0.2) is 10.3 Å². The Hall–Kier alpha value is -2.14. The Morgan fingerprint density at radius 3 is 2.79 bits per heavy atom. The standard InChI is InChI=1S/C16H14Cl2N6O2S2/c1-24-11(7-12(25)20-10-4-2-3-9(17)14(10)18)22-23-16(24)28-8-13(26)21-15-19-5-6-27-15/h2-6H,7-8H2,1H3,(H,20,25)(H,19,21,26). The number of benzene rings is 1. The van der Waals surface area contributed by atoms with E-state index in [4.69, 9.17) is 23.2 Å². The van der Waals surface area contributed by atoms with Gasteiger partial charge in [-0.15, -0.1) is 21.5 Å². The summed E-state index contributed by atoms with van der Waals surface area (Å²) in [6.07, 6.45) is 1.61. The predicted molar refractivity (Wildman–Crippen MR) is 111 cm³/mol. The minimum atomic E-state index is -0.308. The number of amides is 2. The third-order valence-corrected chi connectivity index (χ3v) is 6.01. The van der Waals surface area contributed by atoms with E-state index in [0.717, 1.165) is 0 Å². The first-order chi connectivity index (χ1) is 13.4. The maximum atomic E-state index is 12.3. The Labute approximate surface area is 178 Å². The lowest BCUT2D eigenvalue weighted by molar-refractivity contribution is -0.116.